The van der Waals surface area contributed by atoms with Crippen LogP contribution >= 0.6 is 12.6 Å². The molecule has 1 aliphatic carbocycles. The van der Waals surface area contributed by atoms with Crippen molar-refractivity contribution in [2.24, 2.45) is 0 Å². The number of nitrogens with one attached hydrogen (secondary N) is 3. The highest BCUT2D eigenvalue weighted by Crippen LogP contribution is 2.44. The van der Waals surface area contributed by atoms with Gasteiger partial charge in [0.1, 0.15) is 18.6 Å². The number of aliphatic carboxylic acids is 2. The molecule has 0 bridgehead atoms. The van der Waals surface area contributed by atoms with Gasteiger partial charge in [-0.2, -0.15) is 12.6 Å². The van der Waals surface area contributed by atoms with Crippen molar-refractivity contribution in [3.8, 4) is 11.1 Å². The van der Waals surface area contributed by atoms with Crippen LogP contribution in [0, 0.1) is 0 Å². The van der Waals surface area contributed by atoms with Crippen molar-refractivity contribution in [3.63, 3.8) is 0 Å². The van der Waals surface area contributed by atoms with Crippen LogP contribution < -0.4 is 16.0 Å². The van der Waals surface area contributed by atoms with Crippen molar-refractivity contribution >= 4 is 36.4 Å². The largest absolute Gasteiger partial charge is 0.480 e. The molecule has 0 fully saturated rings. The number of carboxylic acid groups (broad SMARTS) is 2. The Morgan fingerprint density at radius 1 is 0.914 bits per heavy atom. The Kier molecular flexibility index (Phi) is 8.85. The van der Waals surface area contributed by atoms with Crippen molar-refractivity contribution in [2.45, 2.75) is 37.1 Å². The van der Waals surface area contributed by atoms with E-state index in [4.69, 9.17) is 5.11 Å². The van der Waals surface area contributed by atoms with Gasteiger partial charge in [0, 0.05) is 12.2 Å². The number of carboxylic acids is 2. The summed E-state index contributed by atoms with van der Waals surface area (Å²) in [6.07, 6.45) is -1.32. The molecule has 0 aliphatic heterocycles. The topological polar surface area (TPSA) is 165 Å². The quantitative estimate of drug-likeness (QED) is 0.223. The molecule has 2 unspecified atom stereocenters. The van der Waals surface area contributed by atoms with E-state index in [0.29, 0.717) is 5.56 Å². The molecule has 2 aromatic rings. The van der Waals surface area contributed by atoms with Crippen molar-refractivity contribution in [2.75, 3.05) is 12.3 Å². The van der Waals surface area contributed by atoms with Crippen LogP contribution in [0.1, 0.15) is 36.1 Å². The number of aliphatic hydroxyl groups is 1. The Morgan fingerprint density at radius 2 is 1.51 bits per heavy atom. The molecule has 0 saturated carbocycles. The summed E-state index contributed by atoms with van der Waals surface area (Å²) < 4.78 is 0. The number of hydrogen-bond acceptors (Lipinski definition) is 7. The average Bonchev–Trinajstić information content (AvgIpc) is 2.85. The van der Waals surface area contributed by atoms with Crippen LogP contribution in [0.2, 0.25) is 0 Å². The summed E-state index contributed by atoms with van der Waals surface area (Å²) in [4.78, 5) is 47.0. The second kappa shape index (κ2) is 11.8. The van der Waals surface area contributed by atoms with Crippen LogP contribution in [0.15, 0.2) is 48.5 Å². The van der Waals surface area contributed by atoms with E-state index >= 15 is 0 Å². The first-order valence-corrected chi connectivity index (χ1v) is 11.6. The Balaban J connectivity index is 1.68. The SMILES string of the molecule is O=C(O)CNC(=O)[C@H](CS)NC(=O)CC[C@H](NC1c2ccccc2-c2ccccc2C1O)C(=O)O. The van der Waals surface area contributed by atoms with Gasteiger partial charge < -0.3 is 26.0 Å². The summed E-state index contributed by atoms with van der Waals surface area (Å²) in [5, 5.41) is 37.1. The summed E-state index contributed by atoms with van der Waals surface area (Å²) >= 11 is 4.01. The molecule has 35 heavy (non-hydrogen) atoms. The van der Waals surface area contributed by atoms with Crippen molar-refractivity contribution in [3.05, 3.63) is 59.7 Å². The molecule has 6 N–H and O–H groups in total. The van der Waals surface area contributed by atoms with Crippen LogP contribution in [0.25, 0.3) is 11.1 Å². The zero-order chi connectivity index (χ0) is 25.5. The normalized spacial score (nSPS) is 17.9. The van der Waals surface area contributed by atoms with E-state index in [9.17, 15) is 29.4 Å². The molecule has 1 aliphatic rings. The Morgan fingerprint density at radius 3 is 2.11 bits per heavy atom. The monoisotopic (exact) mass is 501 g/mol. The molecule has 4 atom stereocenters. The first-order valence-electron chi connectivity index (χ1n) is 11.0. The highest BCUT2D eigenvalue weighted by molar-refractivity contribution is 7.80. The lowest BCUT2D eigenvalue weighted by Crippen LogP contribution is -2.49. The number of rotatable bonds is 11. The van der Waals surface area contributed by atoms with Gasteiger partial charge in [-0.1, -0.05) is 48.5 Å². The van der Waals surface area contributed by atoms with Crippen LogP contribution in [0.4, 0.5) is 0 Å². The molecule has 186 valence electrons. The fourth-order valence-corrected chi connectivity index (χ4v) is 4.32. The van der Waals surface area contributed by atoms with E-state index in [1.165, 1.54) is 0 Å². The molecule has 0 saturated heterocycles. The summed E-state index contributed by atoms with van der Waals surface area (Å²) in [6.45, 7) is -0.599. The van der Waals surface area contributed by atoms with Crippen LogP contribution in [0.5, 0.6) is 0 Å². The third-order valence-corrected chi connectivity index (χ3v) is 6.13. The summed E-state index contributed by atoms with van der Waals surface area (Å²) in [5.74, 6) is -3.78. The number of hydrogen-bond donors (Lipinski definition) is 7. The maximum absolute atomic E-state index is 12.4. The smallest absolute Gasteiger partial charge is 0.322 e. The lowest BCUT2D eigenvalue weighted by Gasteiger charge is -2.34. The van der Waals surface area contributed by atoms with E-state index in [1.807, 2.05) is 36.4 Å². The molecule has 2 aromatic carbocycles. The zero-order valence-electron chi connectivity index (χ0n) is 18.7. The Labute approximate surface area is 207 Å². The van der Waals surface area contributed by atoms with E-state index in [1.54, 1.807) is 12.1 Å². The van der Waals surface area contributed by atoms with Crippen molar-refractivity contribution in [1.29, 1.82) is 0 Å². The molecule has 3 rings (SSSR count). The molecule has 10 nitrogen and oxygen atoms in total. The van der Waals surface area contributed by atoms with Gasteiger partial charge in [-0.05, 0) is 28.7 Å². The molecule has 2 amide bonds. The van der Waals surface area contributed by atoms with Crippen molar-refractivity contribution in [1.82, 2.24) is 16.0 Å². The van der Waals surface area contributed by atoms with E-state index < -0.39 is 54.5 Å². The predicted octanol–water partition coefficient (Wildman–Crippen LogP) is 0.880. The highest BCUT2D eigenvalue weighted by atomic mass is 32.1. The van der Waals surface area contributed by atoms with Crippen molar-refractivity contribution < 1.29 is 34.5 Å². The summed E-state index contributed by atoms with van der Waals surface area (Å²) in [7, 11) is 0. The molecule has 0 heterocycles. The van der Waals surface area contributed by atoms with Crippen LogP contribution in [0.3, 0.4) is 0 Å². The fraction of sp³-hybridized carbons (Fsp3) is 0.333. The second-order valence-corrected chi connectivity index (χ2v) is 8.47. The first-order chi connectivity index (χ1) is 16.7. The lowest BCUT2D eigenvalue weighted by molar-refractivity contribution is -0.140. The number of carbonyl (C=O) groups excluding carboxylic acids is 2. The van der Waals surface area contributed by atoms with Gasteiger partial charge in [-0.3, -0.25) is 24.5 Å². The minimum Gasteiger partial charge on any atom is -0.480 e. The van der Waals surface area contributed by atoms with Gasteiger partial charge in [0.2, 0.25) is 11.8 Å². The third-order valence-electron chi connectivity index (χ3n) is 5.77. The maximum Gasteiger partial charge on any atom is 0.322 e. The lowest BCUT2D eigenvalue weighted by atomic mass is 9.80. The van der Waals surface area contributed by atoms with E-state index in [2.05, 4.69) is 28.6 Å². The average molecular weight is 502 g/mol. The van der Waals surface area contributed by atoms with Crippen LogP contribution in [-0.4, -0.2) is 63.5 Å². The number of amides is 2. The zero-order valence-corrected chi connectivity index (χ0v) is 19.6. The number of fused-ring (bicyclic) bond motifs is 3. The molecule has 0 radical (unpaired) electrons. The molecule has 0 spiro atoms. The minimum absolute atomic E-state index is 0.0672. The van der Waals surface area contributed by atoms with E-state index in [0.717, 1.165) is 16.7 Å². The van der Waals surface area contributed by atoms with Crippen LogP contribution in [-0.2, 0) is 19.2 Å². The van der Waals surface area contributed by atoms with Gasteiger partial charge in [-0.25, -0.2) is 0 Å². The Bertz CT molecular complexity index is 1110. The van der Waals surface area contributed by atoms with Gasteiger partial charge in [0.25, 0.3) is 0 Å². The molecule has 0 aromatic heterocycles. The number of benzene rings is 2. The second-order valence-electron chi connectivity index (χ2n) is 8.11. The highest BCUT2D eigenvalue weighted by Gasteiger charge is 2.35. The minimum atomic E-state index is -1.23. The predicted molar refractivity (Wildman–Crippen MR) is 130 cm³/mol. The summed E-state index contributed by atoms with van der Waals surface area (Å²) in [5.41, 5.74) is 3.19. The van der Waals surface area contributed by atoms with Gasteiger partial charge in [-0.15, -0.1) is 0 Å². The van der Waals surface area contributed by atoms with Gasteiger partial charge >= 0.3 is 11.9 Å². The summed E-state index contributed by atoms with van der Waals surface area (Å²) in [6, 6.07) is 11.8. The number of thiol groups is 1. The molecular formula is C24H27N3O7S. The molecular weight excluding hydrogens is 474 g/mol. The molecule has 11 heteroatoms. The van der Waals surface area contributed by atoms with Gasteiger partial charge in [0.05, 0.1) is 12.1 Å². The Hall–Kier alpha value is -3.41. The standard InChI is InChI=1S/C24H27N3O7S/c28-19(26-18(12-35)23(32)25-11-20(29)30)10-9-17(24(33)34)27-21-15-7-3-1-5-13(15)14-6-2-4-8-16(14)22(21)31/h1-8,17-18,21-22,27,31,35H,9-12H2,(H,25,32)(H,26,28)(H,29,30)(H,33,34)/t17-,18-,21?,22?/m0/s1. The van der Waals surface area contributed by atoms with E-state index in [-0.39, 0.29) is 18.6 Å². The fourth-order valence-electron chi connectivity index (χ4n) is 4.06. The van der Waals surface area contributed by atoms with Gasteiger partial charge in [0.15, 0.2) is 0 Å². The number of aliphatic hydroxyl groups excluding tert-OH is 1. The maximum atomic E-state index is 12.4. The first kappa shape index (κ1) is 26.2. The third kappa shape index (κ3) is 6.38. The number of carbonyl (C=O) groups is 4.